The predicted molar refractivity (Wildman–Crippen MR) is 101 cm³/mol. The van der Waals surface area contributed by atoms with Crippen molar-refractivity contribution in [1.82, 2.24) is 10.2 Å². The molecule has 3 aromatic rings. The highest BCUT2D eigenvalue weighted by Gasteiger charge is 2.14. The van der Waals surface area contributed by atoms with Gasteiger partial charge in [0.1, 0.15) is 0 Å². The van der Waals surface area contributed by atoms with E-state index in [1.54, 1.807) is 42.5 Å². The van der Waals surface area contributed by atoms with E-state index in [0.29, 0.717) is 17.3 Å². The number of methoxy groups -OCH3 is 1. The minimum Gasteiger partial charge on any atom is -0.480 e. The minimum atomic E-state index is -3.65. The Morgan fingerprint density at radius 2 is 1.77 bits per heavy atom. The summed E-state index contributed by atoms with van der Waals surface area (Å²) in [4.78, 5) is 0.226. The number of hydrogen-bond donors (Lipinski definition) is 1. The van der Waals surface area contributed by atoms with Crippen LogP contribution in [0.2, 0.25) is 0 Å². The lowest BCUT2D eigenvalue weighted by atomic mass is 10.1. The third-order valence-electron chi connectivity index (χ3n) is 3.90. The van der Waals surface area contributed by atoms with Gasteiger partial charge in [-0.15, -0.1) is 10.2 Å². The Labute approximate surface area is 152 Å². The van der Waals surface area contributed by atoms with Crippen LogP contribution in [0.25, 0.3) is 11.3 Å². The first-order valence-electron chi connectivity index (χ1n) is 8.12. The first-order valence-corrected chi connectivity index (χ1v) is 9.60. The van der Waals surface area contributed by atoms with Crippen molar-refractivity contribution in [3.8, 4) is 17.1 Å². The van der Waals surface area contributed by atoms with Crippen LogP contribution in [-0.4, -0.2) is 25.7 Å². The average Bonchev–Trinajstić information content (AvgIpc) is 2.68. The Bertz CT molecular complexity index is 985. The lowest BCUT2D eigenvalue weighted by Crippen LogP contribution is -2.13. The standard InChI is InChI=1S/C19H19N3O3S/c1-3-14-7-9-17(10-8-14)26(23,24)22-16-6-4-5-15(13-16)18-11-12-19(25-2)21-20-18/h4-13,22H,3H2,1-2H3. The Morgan fingerprint density at radius 1 is 1.00 bits per heavy atom. The molecule has 134 valence electrons. The Morgan fingerprint density at radius 3 is 2.38 bits per heavy atom. The second kappa shape index (κ2) is 7.53. The van der Waals surface area contributed by atoms with Crippen molar-refractivity contribution in [2.75, 3.05) is 11.8 Å². The third kappa shape index (κ3) is 4.00. The molecule has 1 aromatic heterocycles. The van der Waals surface area contributed by atoms with E-state index in [-0.39, 0.29) is 4.90 Å². The number of anilines is 1. The van der Waals surface area contributed by atoms with Crippen LogP contribution in [-0.2, 0) is 16.4 Å². The molecular weight excluding hydrogens is 350 g/mol. The fraction of sp³-hybridized carbons (Fsp3) is 0.158. The monoisotopic (exact) mass is 369 g/mol. The molecule has 3 rings (SSSR count). The maximum atomic E-state index is 12.6. The van der Waals surface area contributed by atoms with Crippen LogP contribution in [0.1, 0.15) is 12.5 Å². The van der Waals surface area contributed by atoms with E-state index in [9.17, 15) is 8.42 Å². The van der Waals surface area contributed by atoms with Crippen molar-refractivity contribution >= 4 is 15.7 Å². The topological polar surface area (TPSA) is 81.2 Å². The number of nitrogens with one attached hydrogen (secondary N) is 1. The third-order valence-corrected chi connectivity index (χ3v) is 5.30. The van der Waals surface area contributed by atoms with Crippen molar-refractivity contribution in [3.05, 3.63) is 66.2 Å². The number of rotatable bonds is 6. The van der Waals surface area contributed by atoms with Gasteiger partial charge in [0.05, 0.1) is 17.7 Å². The average molecular weight is 369 g/mol. The highest BCUT2D eigenvalue weighted by molar-refractivity contribution is 7.92. The predicted octanol–water partition coefficient (Wildman–Crippen LogP) is 3.52. The van der Waals surface area contributed by atoms with Crippen LogP contribution in [0.15, 0.2) is 65.6 Å². The first kappa shape index (κ1) is 17.9. The number of ether oxygens (including phenoxy) is 1. The molecule has 0 saturated carbocycles. The summed E-state index contributed by atoms with van der Waals surface area (Å²) in [5.74, 6) is 0.418. The summed E-state index contributed by atoms with van der Waals surface area (Å²) in [6.45, 7) is 2.02. The molecule has 6 nitrogen and oxygen atoms in total. The van der Waals surface area contributed by atoms with E-state index < -0.39 is 10.0 Å². The van der Waals surface area contributed by atoms with E-state index in [1.165, 1.54) is 7.11 Å². The highest BCUT2D eigenvalue weighted by Crippen LogP contribution is 2.23. The highest BCUT2D eigenvalue weighted by atomic mass is 32.2. The Balaban J connectivity index is 1.85. The van der Waals surface area contributed by atoms with Crippen LogP contribution >= 0.6 is 0 Å². The van der Waals surface area contributed by atoms with E-state index in [4.69, 9.17) is 4.74 Å². The molecule has 7 heteroatoms. The van der Waals surface area contributed by atoms with Crippen molar-refractivity contribution in [2.24, 2.45) is 0 Å². The molecule has 0 radical (unpaired) electrons. The molecule has 0 saturated heterocycles. The maximum absolute atomic E-state index is 12.6. The lowest BCUT2D eigenvalue weighted by molar-refractivity contribution is 0.392. The summed E-state index contributed by atoms with van der Waals surface area (Å²) in [6, 6.07) is 17.3. The Hall–Kier alpha value is -2.93. The second-order valence-corrected chi connectivity index (χ2v) is 7.33. The molecule has 2 aromatic carbocycles. The molecule has 0 amide bonds. The van der Waals surface area contributed by atoms with Gasteiger partial charge in [-0.05, 0) is 42.3 Å². The van der Waals surface area contributed by atoms with Crippen molar-refractivity contribution in [2.45, 2.75) is 18.2 Å². The molecule has 0 fully saturated rings. The molecule has 0 atom stereocenters. The zero-order valence-corrected chi connectivity index (χ0v) is 15.3. The van der Waals surface area contributed by atoms with Gasteiger partial charge >= 0.3 is 0 Å². The maximum Gasteiger partial charge on any atom is 0.261 e. The van der Waals surface area contributed by atoms with Gasteiger partial charge < -0.3 is 4.74 Å². The quantitative estimate of drug-likeness (QED) is 0.719. The van der Waals surface area contributed by atoms with Crippen molar-refractivity contribution < 1.29 is 13.2 Å². The molecule has 0 bridgehead atoms. The number of hydrogen-bond acceptors (Lipinski definition) is 5. The van der Waals surface area contributed by atoms with E-state index >= 15 is 0 Å². The number of aromatic nitrogens is 2. The van der Waals surface area contributed by atoms with Gasteiger partial charge in [-0.25, -0.2) is 8.42 Å². The first-order chi connectivity index (χ1) is 12.5. The molecule has 1 heterocycles. The van der Waals surface area contributed by atoms with Crippen LogP contribution in [0, 0.1) is 0 Å². The SMILES string of the molecule is CCc1ccc(S(=O)(=O)Nc2cccc(-c3ccc(OC)nn3)c2)cc1. The van der Waals surface area contributed by atoms with Crippen LogP contribution in [0.3, 0.4) is 0 Å². The summed E-state index contributed by atoms with van der Waals surface area (Å²) >= 11 is 0. The summed E-state index contributed by atoms with van der Waals surface area (Å²) in [5.41, 5.74) is 2.92. The summed E-state index contributed by atoms with van der Waals surface area (Å²) in [5, 5.41) is 8.01. The zero-order valence-electron chi connectivity index (χ0n) is 14.5. The van der Waals surface area contributed by atoms with Crippen molar-refractivity contribution in [3.63, 3.8) is 0 Å². The summed E-state index contributed by atoms with van der Waals surface area (Å²) in [7, 11) is -2.13. The summed E-state index contributed by atoms with van der Waals surface area (Å²) in [6.07, 6.45) is 0.860. The molecule has 0 spiro atoms. The normalized spacial score (nSPS) is 11.2. The molecule has 1 N–H and O–H groups in total. The van der Waals surface area contributed by atoms with E-state index in [0.717, 1.165) is 17.5 Å². The summed E-state index contributed by atoms with van der Waals surface area (Å²) < 4.78 is 32.8. The second-order valence-electron chi connectivity index (χ2n) is 5.64. The number of benzene rings is 2. The molecule has 26 heavy (non-hydrogen) atoms. The van der Waals surface area contributed by atoms with Crippen molar-refractivity contribution in [1.29, 1.82) is 0 Å². The largest absolute Gasteiger partial charge is 0.480 e. The van der Waals surface area contributed by atoms with Gasteiger partial charge in [0, 0.05) is 17.3 Å². The van der Waals surface area contributed by atoms with Gasteiger partial charge in [-0.1, -0.05) is 31.2 Å². The fourth-order valence-electron chi connectivity index (χ4n) is 2.44. The van der Waals surface area contributed by atoms with Gasteiger partial charge in [0.15, 0.2) is 0 Å². The fourth-order valence-corrected chi connectivity index (χ4v) is 3.49. The minimum absolute atomic E-state index is 0.226. The smallest absolute Gasteiger partial charge is 0.261 e. The van der Waals surface area contributed by atoms with E-state index in [2.05, 4.69) is 14.9 Å². The van der Waals surface area contributed by atoms with Gasteiger partial charge in [0.2, 0.25) is 5.88 Å². The number of nitrogens with zero attached hydrogens (tertiary/aromatic N) is 2. The molecule has 0 aliphatic rings. The molecular formula is C19H19N3O3S. The van der Waals surface area contributed by atoms with Crippen LogP contribution in [0.5, 0.6) is 5.88 Å². The van der Waals surface area contributed by atoms with Gasteiger partial charge in [0.25, 0.3) is 10.0 Å². The van der Waals surface area contributed by atoms with E-state index in [1.807, 2.05) is 25.1 Å². The van der Waals surface area contributed by atoms with Crippen LogP contribution < -0.4 is 9.46 Å². The Kier molecular flexibility index (Phi) is 5.18. The van der Waals surface area contributed by atoms with Crippen LogP contribution in [0.4, 0.5) is 5.69 Å². The molecule has 0 aliphatic carbocycles. The molecule has 0 unspecified atom stereocenters. The van der Waals surface area contributed by atoms with Gasteiger partial charge in [-0.3, -0.25) is 4.72 Å². The number of aryl methyl sites for hydroxylation is 1. The van der Waals surface area contributed by atoms with Gasteiger partial charge in [-0.2, -0.15) is 0 Å². The zero-order chi connectivity index (χ0) is 18.6. The number of sulfonamides is 1. The molecule has 0 aliphatic heterocycles. The lowest BCUT2D eigenvalue weighted by Gasteiger charge is -2.10.